The van der Waals surface area contributed by atoms with Crippen LogP contribution >= 0.6 is 0 Å². The Kier molecular flexibility index (Phi) is 4.74. The molecule has 1 unspecified atom stereocenters. The van der Waals surface area contributed by atoms with E-state index in [-0.39, 0.29) is 0 Å². The number of aryl methyl sites for hydroxylation is 3. The second kappa shape index (κ2) is 6.53. The van der Waals surface area contributed by atoms with Crippen molar-refractivity contribution in [3.05, 3.63) is 53.3 Å². The fourth-order valence-corrected chi connectivity index (χ4v) is 2.32. The summed E-state index contributed by atoms with van der Waals surface area (Å²) in [6.07, 6.45) is 3.26. The van der Waals surface area contributed by atoms with Crippen molar-refractivity contribution in [2.75, 3.05) is 0 Å². The van der Waals surface area contributed by atoms with Crippen LogP contribution in [0.4, 0.5) is 0 Å². The van der Waals surface area contributed by atoms with E-state index in [1.165, 1.54) is 5.56 Å². The van der Waals surface area contributed by atoms with Crippen LogP contribution in [0.15, 0.2) is 36.4 Å². The molecule has 0 spiro atoms. The van der Waals surface area contributed by atoms with Crippen molar-refractivity contribution in [1.82, 2.24) is 9.78 Å². The molecule has 0 fully saturated rings. The van der Waals surface area contributed by atoms with Gasteiger partial charge in [-0.25, -0.2) is 0 Å². The molecular weight excluding hydrogens is 236 g/mol. The summed E-state index contributed by atoms with van der Waals surface area (Å²) >= 11 is 0. The van der Waals surface area contributed by atoms with Crippen molar-refractivity contribution in [3.8, 4) is 0 Å². The predicted octanol–water partition coefficient (Wildman–Crippen LogP) is 3.04. The Morgan fingerprint density at radius 1 is 1.26 bits per heavy atom. The number of rotatable bonds is 6. The minimum atomic E-state index is -0.415. The minimum absolute atomic E-state index is 0.415. The Hall–Kier alpha value is -1.61. The van der Waals surface area contributed by atoms with Gasteiger partial charge in [-0.05, 0) is 37.3 Å². The summed E-state index contributed by atoms with van der Waals surface area (Å²) in [5, 5.41) is 14.6. The third-order valence-corrected chi connectivity index (χ3v) is 3.46. The highest BCUT2D eigenvalue weighted by Crippen LogP contribution is 2.20. The van der Waals surface area contributed by atoms with Gasteiger partial charge in [0.15, 0.2) is 0 Å². The number of hydrogen-bond acceptors (Lipinski definition) is 2. The molecule has 3 nitrogen and oxygen atoms in total. The Bertz CT molecular complexity index is 505. The smallest absolute Gasteiger partial charge is 0.0956 e. The zero-order valence-corrected chi connectivity index (χ0v) is 11.7. The molecular formula is C16H22N2O. The van der Waals surface area contributed by atoms with E-state index in [9.17, 15) is 5.11 Å². The molecule has 102 valence electrons. The molecule has 1 N–H and O–H groups in total. The zero-order valence-electron chi connectivity index (χ0n) is 11.7. The summed E-state index contributed by atoms with van der Waals surface area (Å²) in [5.41, 5.74) is 3.29. The highest BCUT2D eigenvalue weighted by Gasteiger charge is 2.13. The van der Waals surface area contributed by atoms with E-state index in [0.29, 0.717) is 0 Å². The third kappa shape index (κ3) is 3.67. The maximum Gasteiger partial charge on any atom is 0.0956 e. The Morgan fingerprint density at radius 3 is 2.63 bits per heavy atom. The molecule has 0 radical (unpaired) electrons. The van der Waals surface area contributed by atoms with Crippen LogP contribution in [0.5, 0.6) is 0 Å². The van der Waals surface area contributed by atoms with Gasteiger partial charge in [0, 0.05) is 7.05 Å². The molecule has 2 rings (SSSR count). The Morgan fingerprint density at radius 2 is 2.00 bits per heavy atom. The van der Waals surface area contributed by atoms with E-state index in [4.69, 9.17) is 0 Å². The molecule has 19 heavy (non-hydrogen) atoms. The first-order chi connectivity index (χ1) is 9.20. The first-order valence-corrected chi connectivity index (χ1v) is 6.95. The monoisotopic (exact) mass is 258 g/mol. The quantitative estimate of drug-likeness (QED) is 0.865. The van der Waals surface area contributed by atoms with Crippen LogP contribution in [0.25, 0.3) is 0 Å². The van der Waals surface area contributed by atoms with E-state index in [1.807, 2.05) is 19.2 Å². The average Bonchev–Trinajstić information content (AvgIpc) is 2.81. The van der Waals surface area contributed by atoms with Gasteiger partial charge in [0.2, 0.25) is 0 Å². The van der Waals surface area contributed by atoms with Gasteiger partial charge in [0.1, 0.15) is 0 Å². The molecule has 0 saturated heterocycles. The van der Waals surface area contributed by atoms with Crippen LogP contribution in [-0.4, -0.2) is 14.9 Å². The van der Waals surface area contributed by atoms with Crippen LogP contribution in [0.3, 0.4) is 0 Å². The fourth-order valence-electron chi connectivity index (χ4n) is 2.32. The molecule has 1 heterocycles. The summed E-state index contributed by atoms with van der Waals surface area (Å²) in [6.45, 7) is 2.08. The molecule has 0 saturated carbocycles. The minimum Gasteiger partial charge on any atom is -0.387 e. The maximum absolute atomic E-state index is 10.2. The largest absolute Gasteiger partial charge is 0.387 e. The molecule has 0 aliphatic heterocycles. The van der Waals surface area contributed by atoms with Crippen molar-refractivity contribution < 1.29 is 5.11 Å². The van der Waals surface area contributed by atoms with Gasteiger partial charge in [-0.2, -0.15) is 5.10 Å². The summed E-state index contributed by atoms with van der Waals surface area (Å²) in [5.74, 6) is 0. The lowest BCUT2D eigenvalue weighted by molar-refractivity contribution is 0.155. The second-order valence-corrected chi connectivity index (χ2v) is 4.93. The average molecular weight is 258 g/mol. The molecule has 0 aliphatic carbocycles. The lowest BCUT2D eigenvalue weighted by Crippen LogP contribution is -2.05. The van der Waals surface area contributed by atoms with Crippen molar-refractivity contribution in [2.45, 2.75) is 38.7 Å². The molecule has 0 amide bonds. The highest BCUT2D eigenvalue weighted by molar-refractivity contribution is 5.15. The van der Waals surface area contributed by atoms with E-state index in [0.717, 1.165) is 37.1 Å². The Balaban J connectivity index is 1.87. The number of aliphatic hydroxyl groups is 1. The first-order valence-electron chi connectivity index (χ1n) is 6.95. The fraction of sp³-hybridized carbons (Fsp3) is 0.438. The number of aromatic nitrogens is 2. The number of aliphatic hydroxyl groups excluding tert-OH is 1. The highest BCUT2D eigenvalue weighted by atomic mass is 16.3. The number of hydrogen-bond donors (Lipinski definition) is 1. The first kappa shape index (κ1) is 13.8. The molecule has 2 aromatic rings. The number of nitrogens with zero attached hydrogens (tertiary/aromatic N) is 2. The molecule has 0 bridgehead atoms. The van der Waals surface area contributed by atoms with E-state index >= 15 is 0 Å². The van der Waals surface area contributed by atoms with Gasteiger partial charge in [0.05, 0.1) is 17.5 Å². The van der Waals surface area contributed by atoms with Gasteiger partial charge in [-0.1, -0.05) is 37.3 Å². The lowest BCUT2D eigenvalue weighted by atomic mass is 10.0. The number of benzene rings is 1. The predicted molar refractivity (Wildman–Crippen MR) is 76.9 cm³/mol. The van der Waals surface area contributed by atoms with Crippen LogP contribution in [0, 0.1) is 0 Å². The molecule has 1 aromatic heterocycles. The maximum atomic E-state index is 10.2. The van der Waals surface area contributed by atoms with E-state index < -0.39 is 6.10 Å². The van der Waals surface area contributed by atoms with Gasteiger partial charge < -0.3 is 5.11 Å². The van der Waals surface area contributed by atoms with Gasteiger partial charge in [0.25, 0.3) is 0 Å². The van der Waals surface area contributed by atoms with Crippen LogP contribution in [-0.2, 0) is 19.9 Å². The molecule has 3 heteroatoms. The zero-order chi connectivity index (χ0) is 13.7. The molecule has 0 aliphatic rings. The van der Waals surface area contributed by atoms with E-state index in [2.05, 4.69) is 36.3 Å². The van der Waals surface area contributed by atoms with Crippen LogP contribution in [0.1, 0.15) is 42.8 Å². The van der Waals surface area contributed by atoms with Crippen molar-refractivity contribution >= 4 is 0 Å². The third-order valence-electron chi connectivity index (χ3n) is 3.46. The van der Waals surface area contributed by atoms with Crippen molar-refractivity contribution in [3.63, 3.8) is 0 Å². The van der Waals surface area contributed by atoms with Crippen molar-refractivity contribution in [1.29, 1.82) is 0 Å². The summed E-state index contributed by atoms with van der Waals surface area (Å²) < 4.78 is 1.80. The molecule has 1 atom stereocenters. The van der Waals surface area contributed by atoms with Gasteiger partial charge in [-0.15, -0.1) is 0 Å². The van der Waals surface area contributed by atoms with Gasteiger partial charge in [-0.3, -0.25) is 4.68 Å². The summed E-state index contributed by atoms with van der Waals surface area (Å²) in [7, 11) is 1.90. The topological polar surface area (TPSA) is 38.0 Å². The lowest BCUT2D eigenvalue weighted by Gasteiger charge is -2.10. The SMILES string of the molecule is CCc1cc(C(O)CCCc2ccccc2)n(C)n1. The molecule has 1 aromatic carbocycles. The van der Waals surface area contributed by atoms with Gasteiger partial charge >= 0.3 is 0 Å². The second-order valence-electron chi connectivity index (χ2n) is 4.93. The van der Waals surface area contributed by atoms with Crippen LogP contribution in [0.2, 0.25) is 0 Å². The standard InChI is InChI=1S/C16H22N2O/c1-3-14-12-15(18(2)17-14)16(19)11-7-10-13-8-5-4-6-9-13/h4-6,8-9,12,16,19H,3,7,10-11H2,1-2H3. The Labute approximate surface area is 114 Å². The van der Waals surface area contributed by atoms with E-state index in [1.54, 1.807) is 4.68 Å². The van der Waals surface area contributed by atoms with Crippen LogP contribution < -0.4 is 0 Å². The summed E-state index contributed by atoms with van der Waals surface area (Å²) in [4.78, 5) is 0. The van der Waals surface area contributed by atoms with Crippen molar-refractivity contribution in [2.24, 2.45) is 7.05 Å². The normalized spacial score (nSPS) is 12.6. The summed E-state index contributed by atoms with van der Waals surface area (Å²) in [6, 6.07) is 12.4.